The highest BCUT2D eigenvalue weighted by molar-refractivity contribution is 9.10. The predicted molar refractivity (Wildman–Crippen MR) is 72.7 cm³/mol. The zero-order chi connectivity index (χ0) is 12.3. The zero-order valence-electron chi connectivity index (χ0n) is 10.1. The van der Waals surface area contributed by atoms with Crippen molar-refractivity contribution in [3.63, 3.8) is 0 Å². The maximum Gasteiger partial charge on any atom is 0.162 e. The molecule has 0 bridgehead atoms. The summed E-state index contributed by atoms with van der Waals surface area (Å²) in [6, 6.07) is 6.29. The van der Waals surface area contributed by atoms with Crippen molar-refractivity contribution in [1.82, 2.24) is 0 Å². The van der Waals surface area contributed by atoms with Crippen molar-refractivity contribution in [1.29, 1.82) is 0 Å². The molecular formula is C15H15BrO. The number of rotatable bonds is 0. The first-order valence-electron chi connectivity index (χ1n) is 5.96. The minimum absolute atomic E-state index is 0.136. The molecule has 17 heavy (non-hydrogen) atoms. The van der Waals surface area contributed by atoms with Gasteiger partial charge in [-0.1, -0.05) is 41.9 Å². The lowest BCUT2D eigenvalue weighted by Gasteiger charge is -2.16. The highest BCUT2D eigenvalue weighted by atomic mass is 79.9. The van der Waals surface area contributed by atoms with Crippen molar-refractivity contribution in [3.8, 4) is 0 Å². The number of carbonyl (C=O) groups is 1. The van der Waals surface area contributed by atoms with Crippen molar-refractivity contribution in [2.45, 2.75) is 26.7 Å². The van der Waals surface area contributed by atoms with Crippen LogP contribution in [0.5, 0.6) is 0 Å². The number of carbonyl (C=O) groups excluding carboxylic acids is 1. The van der Waals surface area contributed by atoms with Crippen molar-refractivity contribution < 1.29 is 4.79 Å². The van der Waals surface area contributed by atoms with Gasteiger partial charge in [0.15, 0.2) is 5.78 Å². The Morgan fingerprint density at radius 2 is 1.94 bits per heavy atom. The highest BCUT2D eigenvalue weighted by Crippen LogP contribution is 2.66. The zero-order valence-corrected chi connectivity index (χ0v) is 11.7. The van der Waals surface area contributed by atoms with Crippen LogP contribution in [0.2, 0.25) is 0 Å². The van der Waals surface area contributed by atoms with Gasteiger partial charge in [-0.05, 0) is 47.6 Å². The van der Waals surface area contributed by atoms with E-state index >= 15 is 0 Å². The maximum absolute atomic E-state index is 12.3. The molecule has 0 radical (unpaired) electrons. The van der Waals surface area contributed by atoms with Crippen LogP contribution in [0.25, 0.3) is 6.08 Å². The van der Waals surface area contributed by atoms with Crippen LogP contribution in [0.1, 0.15) is 31.4 Å². The van der Waals surface area contributed by atoms with Crippen LogP contribution in [0.3, 0.4) is 0 Å². The Hall–Kier alpha value is -0.890. The largest absolute Gasteiger partial charge is 0.294 e. The van der Waals surface area contributed by atoms with Crippen molar-refractivity contribution >= 4 is 27.8 Å². The molecule has 1 saturated carbocycles. The average molecular weight is 291 g/mol. The van der Waals surface area contributed by atoms with Gasteiger partial charge >= 0.3 is 0 Å². The molecule has 1 nitrogen and oxygen atoms in total. The Labute approximate surface area is 110 Å². The van der Waals surface area contributed by atoms with E-state index in [2.05, 4.69) is 48.0 Å². The Morgan fingerprint density at radius 1 is 1.24 bits per heavy atom. The molecule has 0 aliphatic heterocycles. The lowest BCUT2D eigenvalue weighted by molar-refractivity contribution is -0.120. The van der Waals surface area contributed by atoms with Crippen molar-refractivity contribution in [2.24, 2.45) is 10.8 Å². The molecule has 0 heterocycles. The van der Waals surface area contributed by atoms with Gasteiger partial charge in [0.05, 0.1) is 0 Å². The quantitative estimate of drug-likeness (QED) is 0.706. The summed E-state index contributed by atoms with van der Waals surface area (Å²) in [5.41, 5.74) is 2.49. The molecule has 2 aliphatic carbocycles. The van der Waals surface area contributed by atoms with E-state index in [0.29, 0.717) is 5.78 Å². The van der Waals surface area contributed by atoms with Crippen molar-refractivity contribution in [2.75, 3.05) is 0 Å². The van der Waals surface area contributed by atoms with E-state index in [1.165, 1.54) is 11.1 Å². The molecule has 3 rings (SSSR count). The third-order valence-electron chi connectivity index (χ3n) is 4.40. The summed E-state index contributed by atoms with van der Waals surface area (Å²) in [6.07, 6.45) is 5.63. The number of halogens is 1. The molecule has 0 saturated heterocycles. The molecular weight excluding hydrogens is 276 g/mol. The molecule has 88 valence electrons. The highest BCUT2D eigenvalue weighted by Gasteiger charge is 2.64. The minimum atomic E-state index is -0.136. The third-order valence-corrected chi connectivity index (χ3v) is 4.89. The van der Waals surface area contributed by atoms with Gasteiger partial charge in [-0.15, -0.1) is 0 Å². The lowest BCUT2D eigenvalue weighted by atomic mass is 9.85. The smallest absolute Gasteiger partial charge is 0.162 e. The molecule has 1 aromatic carbocycles. The van der Waals surface area contributed by atoms with Crippen LogP contribution in [-0.4, -0.2) is 5.78 Å². The molecule has 1 unspecified atom stereocenters. The summed E-state index contributed by atoms with van der Waals surface area (Å²) in [6.45, 7) is 4.39. The van der Waals surface area contributed by atoms with E-state index < -0.39 is 0 Å². The second kappa shape index (κ2) is 3.32. The van der Waals surface area contributed by atoms with Gasteiger partial charge in [0, 0.05) is 9.89 Å². The molecule has 2 heteroatoms. The van der Waals surface area contributed by atoms with E-state index in [0.717, 1.165) is 17.3 Å². The second-order valence-electron chi connectivity index (χ2n) is 5.86. The van der Waals surface area contributed by atoms with Gasteiger partial charge in [0.25, 0.3) is 0 Å². The Bertz CT molecular complexity index is 542. The summed E-state index contributed by atoms with van der Waals surface area (Å²) >= 11 is 3.48. The fraction of sp³-hybridized carbons (Fsp3) is 0.400. The molecule has 0 amide bonds. The number of allylic oxidation sites excluding steroid dienone is 1. The summed E-state index contributed by atoms with van der Waals surface area (Å²) in [7, 11) is 0. The second-order valence-corrected chi connectivity index (χ2v) is 6.78. The molecule has 1 atom stereocenters. The van der Waals surface area contributed by atoms with Crippen LogP contribution in [0.15, 0.2) is 28.7 Å². The summed E-state index contributed by atoms with van der Waals surface area (Å²) in [5, 5.41) is 0. The summed E-state index contributed by atoms with van der Waals surface area (Å²) in [4.78, 5) is 12.3. The number of fused-ring (bicyclic) bond motifs is 1. The van der Waals surface area contributed by atoms with Crippen molar-refractivity contribution in [3.05, 3.63) is 39.9 Å². The van der Waals surface area contributed by atoms with Gasteiger partial charge in [0.2, 0.25) is 0 Å². The van der Waals surface area contributed by atoms with E-state index in [-0.39, 0.29) is 10.8 Å². The molecule has 2 aliphatic rings. The van der Waals surface area contributed by atoms with Crippen LogP contribution in [0.4, 0.5) is 0 Å². The fourth-order valence-electron chi connectivity index (χ4n) is 3.05. The van der Waals surface area contributed by atoms with Crippen LogP contribution < -0.4 is 0 Å². The van der Waals surface area contributed by atoms with Gasteiger partial charge in [-0.25, -0.2) is 0 Å². The van der Waals surface area contributed by atoms with E-state index in [4.69, 9.17) is 0 Å². The molecule has 1 fully saturated rings. The van der Waals surface area contributed by atoms with Gasteiger partial charge < -0.3 is 0 Å². The minimum Gasteiger partial charge on any atom is -0.294 e. The average Bonchev–Trinajstić information content (AvgIpc) is 2.84. The SMILES string of the molecule is CC1(C)CC12Cc1ccc(Br)cc1C=CC2=O. The fourth-order valence-corrected chi connectivity index (χ4v) is 3.43. The Morgan fingerprint density at radius 3 is 2.59 bits per heavy atom. The van der Waals surface area contributed by atoms with Gasteiger partial charge in [-0.2, -0.15) is 0 Å². The lowest BCUT2D eigenvalue weighted by Crippen LogP contribution is -2.21. The molecule has 0 aromatic heterocycles. The molecule has 1 spiro atoms. The molecule has 1 aromatic rings. The Balaban J connectivity index is 2.10. The maximum atomic E-state index is 12.3. The topological polar surface area (TPSA) is 17.1 Å². The van der Waals surface area contributed by atoms with E-state index in [1.807, 2.05) is 6.08 Å². The first-order chi connectivity index (χ1) is 7.95. The number of ketones is 1. The van der Waals surface area contributed by atoms with E-state index in [1.54, 1.807) is 6.08 Å². The number of hydrogen-bond donors (Lipinski definition) is 0. The van der Waals surface area contributed by atoms with Crippen LogP contribution in [-0.2, 0) is 11.2 Å². The first-order valence-corrected chi connectivity index (χ1v) is 6.75. The standard InChI is InChI=1S/C15H15BrO/c1-14(2)9-15(14)8-11-3-5-12(16)7-10(11)4-6-13(15)17/h3-7H,8-9H2,1-2H3. The van der Waals surface area contributed by atoms with E-state index in [9.17, 15) is 4.79 Å². The first kappa shape index (κ1) is 11.2. The summed E-state index contributed by atoms with van der Waals surface area (Å²) < 4.78 is 1.07. The molecule has 0 N–H and O–H groups in total. The number of benzene rings is 1. The van der Waals surface area contributed by atoms with Crippen LogP contribution >= 0.6 is 15.9 Å². The summed E-state index contributed by atoms with van der Waals surface area (Å²) in [5.74, 6) is 0.301. The van der Waals surface area contributed by atoms with Gasteiger partial charge in [0.1, 0.15) is 0 Å². The monoisotopic (exact) mass is 290 g/mol. The van der Waals surface area contributed by atoms with Gasteiger partial charge in [-0.3, -0.25) is 4.79 Å². The van der Waals surface area contributed by atoms with Crippen LogP contribution in [0, 0.1) is 10.8 Å². The Kier molecular flexibility index (Phi) is 2.19. The number of hydrogen-bond acceptors (Lipinski definition) is 1. The third kappa shape index (κ3) is 1.54. The predicted octanol–water partition coefficient (Wildman–Crippen LogP) is 4.00. The normalized spacial score (nSPS) is 29.0.